The van der Waals surface area contributed by atoms with E-state index in [1.807, 2.05) is 0 Å². The van der Waals surface area contributed by atoms with Gasteiger partial charge in [0.2, 0.25) is 5.22 Å². The van der Waals surface area contributed by atoms with E-state index in [1.54, 1.807) is 25.7 Å². The number of carbonyl (C=O) groups is 1. The first kappa shape index (κ1) is 15.5. The molecule has 0 saturated carbocycles. The first-order valence-corrected chi connectivity index (χ1v) is 7.94. The molecule has 0 fully saturated rings. The lowest BCUT2D eigenvalue weighted by molar-refractivity contribution is 0.248. The Balaban J connectivity index is 2.02. The first-order chi connectivity index (χ1) is 8.63. The number of rotatable bonds is 7. The van der Waals surface area contributed by atoms with Crippen LogP contribution in [0.25, 0.3) is 0 Å². The normalized spacial score (nSPS) is 10.4. The van der Waals surface area contributed by atoms with Crippen molar-refractivity contribution >= 4 is 41.3 Å². The minimum atomic E-state index is -0.169. The fourth-order valence-corrected chi connectivity index (χ4v) is 3.09. The van der Waals surface area contributed by atoms with E-state index in [0.717, 1.165) is 29.4 Å². The van der Waals surface area contributed by atoms with Gasteiger partial charge in [0.1, 0.15) is 5.69 Å². The van der Waals surface area contributed by atoms with Gasteiger partial charge in [-0.25, -0.2) is 9.78 Å². The molecule has 0 aromatic carbocycles. The Kier molecular flexibility index (Phi) is 7.38. The molecule has 5 nitrogen and oxygen atoms in total. The molecule has 0 aliphatic rings. The molecule has 2 amide bonds. The van der Waals surface area contributed by atoms with E-state index in [-0.39, 0.29) is 6.03 Å². The van der Waals surface area contributed by atoms with Crippen molar-refractivity contribution in [3.63, 3.8) is 0 Å². The third-order valence-corrected chi connectivity index (χ3v) is 4.10. The summed E-state index contributed by atoms with van der Waals surface area (Å²) in [5, 5.41) is 2.87. The number of nitrogens with one attached hydrogen (secondary N) is 2. The average Bonchev–Trinajstić information content (AvgIpc) is 2.66. The van der Waals surface area contributed by atoms with Gasteiger partial charge in [0, 0.05) is 25.5 Å². The number of oxazole rings is 1. The quantitative estimate of drug-likeness (QED) is 0.599. The highest BCUT2D eigenvalue weighted by Crippen LogP contribution is 2.22. The van der Waals surface area contributed by atoms with E-state index in [0.29, 0.717) is 11.1 Å². The number of halogens is 1. The maximum Gasteiger partial charge on any atom is 0.324 e. The molecule has 0 bridgehead atoms. The second kappa shape index (κ2) is 8.55. The summed E-state index contributed by atoms with van der Waals surface area (Å²) in [5.74, 6) is 3.22. The lowest BCUT2D eigenvalue weighted by Gasteiger charge is -2.02. The van der Waals surface area contributed by atoms with Gasteiger partial charge in [-0.1, -0.05) is 0 Å². The molecule has 2 N–H and O–H groups in total. The molecular weight excluding hydrogens is 294 g/mol. The lowest BCUT2D eigenvalue weighted by atomic mass is 10.6. The van der Waals surface area contributed by atoms with Crippen LogP contribution < -0.4 is 10.0 Å². The molecule has 0 spiro atoms. The molecular formula is C10H16ClN3O2S2. The van der Waals surface area contributed by atoms with Crippen molar-refractivity contribution in [1.29, 1.82) is 0 Å². The van der Waals surface area contributed by atoms with Gasteiger partial charge in [0.25, 0.3) is 0 Å². The van der Waals surface area contributed by atoms with Gasteiger partial charge in [-0.2, -0.15) is 11.8 Å². The number of amides is 2. The van der Waals surface area contributed by atoms with Gasteiger partial charge >= 0.3 is 6.03 Å². The number of carbonyl (C=O) groups excluding carboxylic acids is 1. The molecule has 0 aliphatic heterocycles. The predicted molar refractivity (Wildman–Crippen MR) is 77.1 cm³/mol. The molecule has 18 heavy (non-hydrogen) atoms. The van der Waals surface area contributed by atoms with Crippen molar-refractivity contribution in [2.75, 3.05) is 18.6 Å². The molecule has 0 radical (unpaired) electrons. The highest BCUT2D eigenvalue weighted by Gasteiger charge is 2.07. The Bertz CT molecular complexity index is 387. The molecule has 1 aromatic heterocycles. The Morgan fingerprint density at radius 2 is 2.28 bits per heavy atom. The summed E-state index contributed by atoms with van der Waals surface area (Å²) in [6, 6.07) is -0.169. The number of aryl methyl sites for hydroxylation is 1. The summed E-state index contributed by atoms with van der Waals surface area (Å²) in [5.41, 5.74) is 0.801. The van der Waals surface area contributed by atoms with Crippen molar-refractivity contribution in [2.24, 2.45) is 0 Å². The highest BCUT2D eigenvalue weighted by atomic mass is 35.5. The van der Waals surface area contributed by atoms with E-state index >= 15 is 0 Å². The van der Waals surface area contributed by atoms with Gasteiger partial charge in [-0.05, 0) is 35.7 Å². The Labute approximate surface area is 120 Å². The number of urea groups is 1. The lowest BCUT2D eigenvalue weighted by Crippen LogP contribution is -2.27. The van der Waals surface area contributed by atoms with Crippen LogP contribution in [0.1, 0.15) is 18.0 Å². The van der Waals surface area contributed by atoms with E-state index in [9.17, 15) is 4.79 Å². The van der Waals surface area contributed by atoms with Gasteiger partial charge in [0.15, 0.2) is 5.89 Å². The van der Waals surface area contributed by atoms with Gasteiger partial charge in [0.05, 0.1) is 0 Å². The average molecular weight is 310 g/mol. The molecule has 102 valence electrons. The largest absolute Gasteiger partial charge is 0.429 e. The second-order valence-electron chi connectivity index (χ2n) is 3.39. The molecule has 1 heterocycles. The molecule has 8 heteroatoms. The van der Waals surface area contributed by atoms with Crippen LogP contribution >= 0.6 is 35.3 Å². The monoisotopic (exact) mass is 309 g/mol. The van der Waals surface area contributed by atoms with Crippen LogP contribution in [0.4, 0.5) is 4.79 Å². The molecule has 0 atom stereocenters. The summed E-state index contributed by atoms with van der Waals surface area (Å²) in [6.45, 7) is 1.78. The van der Waals surface area contributed by atoms with Crippen molar-refractivity contribution in [1.82, 2.24) is 15.0 Å². The Morgan fingerprint density at radius 1 is 1.50 bits per heavy atom. The van der Waals surface area contributed by atoms with Crippen LogP contribution in [0, 0.1) is 6.92 Å². The third kappa shape index (κ3) is 5.88. The zero-order chi connectivity index (χ0) is 13.4. The standard InChI is InChI=1S/C10H16ClN3O2S2/c1-7-13-8(9(11)16-7)6-17-4-3-5-18-14-10(15)12-2/h3-6H2,1-2H3,(H2,12,14,15). The minimum absolute atomic E-state index is 0.169. The van der Waals surface area contributed by atoms with Gasteiger partial charge in [-0.3, -0.25) is 4.72 Å². The zero-order valence-electron chi connectivity index (χ0n) is 10.3. The van der Waals surface area contributed by atoms with Crippen LogP contribution in [0.2, 0.25) is 5.22 Å². The third-order valence-electron chi connectivity index (χ3n) is 1.92. The van der Waals surface area contributed by atoms with Crippen LogP contribution in [-0.2, 0) is 5.75 Å². The van der Waals surface area contributed by atoms with E-state index in [2.05, 4.69) is 15.0 Å². The first-order valence-electron chi connectivity index (χ1n) is 5.42. The number of hydrogen-bond acceptors (Lipinski definition) is 5. The molecule has 0 unspecified atom stereocenters. The summed E-state index contributed by atoms with van der Waals surface area (Å²) in [7, 11) is 1.59. The summed E-state index contributed by atoms with van der Waals surface area (Å²) in [4.78, 5) is 15.0. The Hall–Kier alpha value is -0.530. The fourth-order valence-electron chi connectivity index (χ4n) is 1.10. The maximum absolute atomic E-state index is 10.8. The topological polar surface area (TPSA) is 67.2 Å². The van der Waals surface area contributed by atoms with Crippen LogP contribution in [0.15, 0.2) is 4.42 Å². The number of hydrogen-bond donors (Lipinski definition) is 2. The fraction of sp³-hybridized carbons (Fsp3) is 0.600. The number of thioether (sulfide) groups is 1. The molecule has 1 aromatic rings. The second-order valence-corrected chi connectivity index (χ2v) is 5.74. The SMILES string of the molecule is CNC(=O)NSCCCSCc1nc(C)oc1Cl. The number of nitrogens with zero attached hydrogens (tertiary/aromatic N) is 1. The summed E-state index contributed by atoms with van der Waals surface area (Å²) >= 11 is 9.01. The van der Waals surface area contributed by atoms with Crippen molar-refractivity contribution < 1.29 is 9.21 Å². The summed E-state index contributed by atoms with van der Waals surface area (Å²) in [6.07, 6.45) is 1.01. The zero-order valence-corrected chi connectivity index (χ0v) is 12.7. The van der Waals surface area contributed by atoms with E-state index in [1.165, 1.54) is 11.9 Å². The highest BCUT2D eigenvalue weighted by molar-refractivity contribution is 7.99. The van der Waals surface area contributed by atoms with Gasteiger partial charge in [-0.15, -0.1) is 0 Å². The van der Waals surface area contributed by atoms with Crippen LogP contribution in [0.3, 0.4) is 0 Å². The van der Waals surface area contributed by atoms with Crippen LogP contribution in [-0.4, -0.2) is 29.6 Å². The molecule has 0 saturated heterocycles. The van der Waals surface area contributed by atoms with Crippen molar-refractivity contribution in [2.45, 2.75) is 19.1 Å². The van der Waals surface area contributed by atoms with Crippen molar-refractivity contribution in [3.05, 3.63) is 16.8 Å². The summed E-state index contributed by atoms with van der Waals surface area (Å²) < 4.78 is 7.79. The van der Waals surface area contributed by atoms with Crippen LogP contribution in [0.5, 0.6) is 0 Å². The molecule has 1 rings (SSSR count). The minimum Gasteiger partial charge on any atom is -0.429 e. The van der Waals surface area contributed by atoms with Gasteiger partial charge < -0.3 is 9.73 Å². The molecule has 0 aliphatic carbocycles. The predicted octanol–water partition coefficient (Wildman–Crippen LogP) is 2.84. The van der Waals surface area contributed by atoms with Crippen molar-refractivity contribution in [3.8, 4) is 0 Å². The number of aromatic nitrogens is 1. The van der Waals surface area contributed by atoms with E-state index in [4.69, 9.17) is 16.0 Å². The smallest absolute Gasteiger partial charge is 0.324 e. The maximum atomic E-state index is 10.8. The van der Waals surface area contributed by atoms with E-state index < -0.39 is 0 Å². The Morgan fingerprint density at radius 3 is 2.89 bits per heavy atom.